The van der Waals surface area contributed by atoms with Gasteiger partial charge in [-0.1, -0.05) is 12.1 Å². The van der Waals surface area contributed by atoms with Crippen LogP contribution in [-0.4, -0.2) is 49.8 Å². The van der Waals surface area contributed by atoms with Gasteiger partial charge in [-0.3, -0.25) is 9.79 Å². The van der Waals surface area contributed by atoms with E-state index in [1.807, 2.05) is 37.4 Å². The van der Waals surface area contributed by atoms with Crippen LogP contribution in [0.25, 0.3) is 0 Å². The molecule has 1 fully saturated rings. The third-order valence-corrected chi connectivity index (χ3v) is 4.06. The van der Waals surface area contributed by atoms with Gasteiger partial charge in [-0.15, -0.1) is 0 Å². The number of hydrogen-bond acceptors (Lipinski definition) is 5. The van der Waals surface area contributed by atoms with Crippen molar-refractivity contribution in [2.45, 2.75) is 25.8 Å². The molecule has 1 amide bonds. The van der Waals surface area contributed by atoms with E-state index in [0.29, 0.717) is 5.71 Å². The average molecular weight is 315 g/mol. The van der Waals surface area contributed by atoms with Crippen molar-refractivity contribution in [3.05, 3.63) is 36.2 Å². The zero-order valence-electron chi connectivity index (χ0n) is 14.0. The molecule has 0 aromatic carbocycles. The molecule has 6 nitrogen and oxygen atoms in total. The van der Waals surface area contributed by atoms with E-state index >= 15 is 0 Å². The molecule has 0 spiro atoms. The maximum atomic E-state index is 12.4. The summed E-state index contributed by atoms with van der Waals surface area (Å²) < 4.78 is 0. The number of rotatable bonds is 5. The molecular formula is C17H25N5O. The first-order valence-electron chi connectivity index (χ1n) is 7.97. The Hall–Kier alpha value is -2.37. The van der Waals surface area contributed by atoms with Crippen LogP contribution in [0.1, 0.15) is 19.8 Å². The Morgan fingerprint density at radius 3 is 2.65 bits per heavy atom. The summed E-state index contributed by atoms with van der Waals surface area (Å²) in [6.45, 7) is 3.67. The predicted molar refractivity (Wildman–Crippen MR) is 93.8 cm³/mol. The Kier molecular flexibility index (Phi) is 6.14. The molecule has 0 bridgehead atoms. The smallest absolute Gasteiger partial charge is 0.271 e. The lowest BCUT2D eigenvalue weighted by molar-refractivity contribution is -0.115. The van der Waals surface area contributed by atoms with E-state index in [0.717, 1.165) is 37.4 Å². The minimum absolute atomic E-state index is 0.119. The molecule has 2 heterocycles. The minimum Gasteiger partial charge on any atom is -0.386 e. The fraction of sp³-hybridized carbons (Fsp3) is 0.471. The van der Waals surface area contributed by atoms with Gasteiger partial charge in [0, 0.05) is 39.4 Å². The molecule has 0 saturated carbocycles. The molecule has 2 rings (SSSR count). The quantitative estimate of drug-likeness (QED) is 0.805. The van der Waals surface area contributed by atoms with Gasteiger partial charge >= 0.3 is 0 Å². The van der Waals surface area contributed by atoms with Crippen LogP contribution in [0.3, 0.4) is 0 Å². The number of aliphatic imine (C=N–C) groups is 1. The van der Waals surface area contributed by atoms with Gasteiger partial charge in [-0.25, -0.2) is 4.98 Å². The highest BCUT2D eigenvalue weighted by Crippen LogP contribution is 2.17. The number of allylic oxidation sites excluding steroid dienone is 1. The number of nitrogens with zero attached hydrogens (tertiary/aromatic N) is 3. The molecule has 2 N–H and O–H groups in total. The molecule has 1 aromatic rings. The largest absolute Gasteiger partial charge is 0.386 e. The number of carbonyl (C=O) groups excluding carboxylic acids is 1. The Bertz CT molecular complexity index is 574. The number of hydrogen-bond donors (Lipinski definition) is 2. The first-order chi connectivity index (χ1) is 11.2. The van der Waals surface area contributed by atoms with Crippen LogP contribution in [0.2, 0.25) is 0 Å². The number of amides is 1. The Morgan fingerprint density at radius 1 is 1.39 bits per heavy atom. The molecule has 6 heteroatoms. The molecule has 0 unspecified atom stereocenters. The first-order valence-corrected chi connectivity index (χ1v) is 7.97. The van der Waals surface area contributed by atoms with Crippen LogP contribution in [0.4, 0.5) is 5.82 Å². The number of nitrogens with one attached hydrogen (secondary N) is 2. The predicted octanol–water partition coefficient (Wildman–Crippen LogP) is 1.36. The molecule has 1 saturated heterocycles. The average Bonchev–Trinajstić information content (AvgIpc) is 2.60. The Morgan fingerprint density at radius 2 is 2.13 bits per heavy atom. The molecule has 1 aromatic heterocycles. The van der Waals surface area contributed by atoms with Gasteiger partial charge in [0.25, 0.3) is 5.91 Å². The van der Waals surface area contributed by atoms with Crippen LogP contribution in [-0.2, 0) is 4.79 Å². The molecular weight excluding hydrogens is 290 g/mol. The summed E-state index contributed by atoms with van der Waals surface area (Å²) in [6.07, 6.45) is 5.48. The molecule has 23 heavy (non-hydrogen) atoms. The highest BCUT2D eigenvalue weighted by molar-refractivity contribution is 6.45. The third kappa shape index (κ3) is 4.31. The second-order valence-electron chi connectivity index (χ2n) is 5.45. The van der Waals surface area contributed by atoms with Gasteiger partial charge in [-0.2, -0.15) is 0 Å². The lowest BCUT2D eigenvalue weighted by atomic mass is 10.0. The Balaban J connectivity index is 1.90. The summed E-state index contributed by atoms with van der Waals surface area (Å²) >= 11 is 0. The normalized spacial score (nSPS) is 17.1. The lowest BCUT2D eigenvalue weighted by Crippen LogP contribution is -2.47. The van der Waals surface area contributed by atoms with Gasteiger partial charge in [0.2, 0.25) is 0 Å². The molecule has 1 aliphatic rings. The maximum Gasteiger partial charge on any atom is 0.271 e. The molecule has 0 aliphatic carbocycles. The number of aromatic nitrogens is 1. The zero-order chi connectivity index (χ0) is 16.7. The second kappa shape index (κ2) is 8.31. The molecule has 124 valence electrons. The SMILES string of the molecule is C/C=C(/NC)C(=NC)C(=O)NC1CCN(c2ccccn2)CC1. The highest BCUT2D eigenvalue weighted by Gasteiger charge is 2.23. The van der Waals surface area contributed by atoms with Crippen LogP contribution < -0.4 is 15.5 Å². The van der Waals surface area contributed by atoms with Crippen molar-refractivity contribution in [2.75, 3.05) is 32.1 Å². The van der Waals surface area contributed by atoms with Crippen molar-refractivity contribution >= 4 is 17.4 Å². The van der Waals surface area contributed by atoms with E-state index in [1.54, 1.807) is 14.1 Å². The van der Waals surface area contributed by atoms with Crippen molar-refractivity contribution in [1.29, 1.82) is 0 Å². The fourth-order valence-electron chi connectivity index (χ4n) is 2.79. The number of piperidine rings is 1. The summed E-state index contributed by atoms with van der Waals surface area (Å²) in [5.74, 6) is 0.880. The van der Waals surface area contributed by atoms with Crippen LogP contribution in [0.5, 0.6) is 0 Å². The molecule has 0 radical (unpaired) electrons. The van der Waals surface area contributed by atoms with Gasteiger partial charge in [0.05, 0.1) is 5.70 Å². The topological polar surface area (TPSA) is 69.6 Å². The van der Waals surface area contributed by atoms with Crippen molar-refractivity contribution < 1.29 is 4.79 Å². The fourth-order valence-corrected chi connectivity index (χ4v) is 2.79. The number of carbonyl (C=O) groups is 1. The molecule has 1 aliphatic heterocycles. The summed E-state index contributed by atoms with van der Waals surface area (Å²) in [7, 11) is 3.43. The van der Waals surface area contributed by atoms with Gasteiger partial charge in [0.1, 0.15) is 11.5 Å². The van der Waals surface area contributed by atoms with Gasteiger partial charge < -0.3 is 15.5 Å². The van der Waals surface area contributed by atoms with E-state index in [9.17, 15) is 4.79 Å². The standard InChI is InChI=1S/C17H25N5O/c1-4-14(18-2)16(19-3)17(23)21-13-8-11-22(12-9-13)15-7-5-6-10-20-15/h4-7,10,13,18H,8-9,11-12H2,1-3H3,(H,21,23)/b14-4+,19-16?. The van der Waals surface area contributed by atoms with Crippen LogP contribution in [0, 0.1) is 0 Å². The van der Waals surface area contributed by atoms with E-state index in [-0.39, 0.29) is 11.9 Å². The van der Waals surface area contributed by atoms with Gasteiger partial charge in [-0.05, 0) is 31.9 Å². The first kappa shape index (κ1) is 17.0. The van der Waals surface area contributed by atoms with E-state index < -0.39 is 0 Å². The number of anilines is 1. The summed E-state index contributed by atoms with van der Waals surface area (Å²) in [5, 5.41) is 6.10. The minimum atomic E-state index is -0.119. The molecule has 0 atom stereocenters. The van der Waals surface area contributed by atoms with E-state index in [2.05, 4.69) is 25.5 Å². The van der Waals surface area contributed by atoms with Crippen molar-refractivity contribution in [3.8, 4) is 0 Å². The van der Waals surface area contributed by atoms with Crippen molar-refractivity contribution in [2.24, 2.45) is 4.99 Å². The summed E-state index contributed by atoms with van der Waals surface area (Å²) in [4.78, 5) is 23.1. The highest BCUT2D eigenvalue weighted by atomic mass is 16.2. The number of pyridine rings is 1. The summed E-state index contributed by atoms with van der Waals surface area (Å²) in [6, 6.07) is 6.11. The van der Waals surface area contributed by atoms with Crippen LogP contribution >= 0.6 is 0 Å². The van der Waals surface area contributed by atoms with Crippen molar-refractivity contribution in [1.82, 2.24) is 15.6 Å². The monoisotopic (exact) mass is 315 g/mol. The maximum absolute atomic E-state index is 12.4. The van der Waals surface area contributed by atoms with Crippen molar-refractivity contribution in [3.63, 3.8) is 0 Å². The van der Waals surface area contributed by atoms with E-state index in [1.165, 1.54) is 0 Å². The summed E-state index contributed by atoms with van der Waals surface area (Å²) in [5.41, 5.74) is 1.19. The van der Waals surface area contributed by atoms with Crippen LogP contribution in [0.15, 0.2) is 41.2 Å². The van der Waals surface area contributed by atoms with Gasteiger partial charge in [0.15, 0.2) is 0 Å². The second-order valence-corrected chi connectivity index (χ2v) is 5.45. The lowest BCUT2D eigenvalue weighted by Gasteiger charge is -2.33. The Labute approximate surface area is 137 Å². The third-order valence-electron chi connectivity index (χ3n) is 4.06. The zero-order valence-corrected chi connectivity index (χ0v) is 14.0. The van der Waals surface area contributed by atoms with E-state index in [4.69, 9.17) is 0 Å².